The fraction of sp³-hybridized carbons (Fsp3) is 0.273. The average molecular weight is 382 g/mol. The van der Waals surface area contributed by atoms with Gasteiger partial charge in [-0.05, 0) is 55.3 Å². The molecule has 1 aromatic heterocycles. The summed E-state index contributed by atoms with van der Waals surface area (Å²) in [4.78, 5) is 16.5. The van der Waals surface area contributed by atoms with Gasteiger partial charge in [-0.1, -0.05) is 12.1 Å². The Balaban J connectivity index is 1.48. The lowest BCUT2D eigenvalue weighted by Gasteiger charge is -2.06. The first-order valence-corrected chi connectivity index (χ1v) is 9.17. The van der Waals surface area contributed by atoms with Gasteiger partial charge in [-0.25, -0.2) is 9.37 Å². The Hall–Kier alpha value is -3.15. The maximum absolute atomic E-state index is 13.0. The fourth-order valence-corrected chi connectivity index (χ4v) is 2.87. The third-order valence-corrected chi connectivity index (χ3v) is 4.44. The van der Waals surface area contributed by atoms with Crippen molar-refractivity contribution in [3.8, 4) is 17.2 Å². The van der Waals surface area contributed by atoms with Gasteiger partial charge in [0.1, 0.15) is 17.3 Å². The zero-order valence-electron chi connectivity index (χ0n) is 16.0. The summed E-state index contributed by atoms with van der Waals surface area (Å²) >= 11 is 0. The van der Waals surface area contributed by atoms with E-state index >= 15 is 0 Å². The van der Waals surface area contributed by atoms with E-state index in [1.54, 1.807) is 19.2 Å². The van der Waals surface area contributed by atoms with Crippen molar-refractivity contribution in [2.45, 2.75) is 26.2 Å². The minimum atomic E-state index is -0.302. The molecular weight excluding hydrogens is 359 g/mol. The second-order valence-corrected chi connectivity index (χ2v) is 6.48. The van der Waals surface area contributed by atoms with E-state index in [4.69, 9.17) is 9.15 Å². The van der Waals surface area contributed by atoms with Gasteiger partial charge >= 0.3 is 0 Å². The molecule has 0 radical (unpaired) electrons. The Labute approximate surface area is 163 Å². The largest absolute Gasteiger partial charge is 0.497 e. The molecule has 5 nitrogen and oxygen atoms in total. The Morgan fingerprint density at radius 2 is 1.96 bits per heavy atom. The minimum absolute atomic E-state index is 0.0114. The number of hydrogen-bond donors (Lipinski definition) is 1. The van der Waals surface area contributed by atoms with Crippen LogP contribution in [-0.4, -0.2) is 24.5 Å². The molecule has 0 saturated heterocycles. The SMILES string of the molecule is COc1cccc(CCC(=O)NCCc2nc(-c3ccc(F)cc3)oc2C)c1. The van der Waals surface area contributed by atoms with E-state index in [-0.39, 0.29) is 11.7 Å². The number of carbonyl (C=O) groups excluding carboxylic acids is 1. The predicted molar refractivity (Wildman–Crippen MR) is 105 cm³/mol. The maximum atomic E-state index is 13.0. The van der Waals surface area contributed by atoms with E-state index < -0.39 is 0 Å². The molecule has 0 unspecified atom stereocenters. The van der Waals surface area contributed by atoms with Crippen LogP contribution in [-0.2, 0) is 17.6 Å². The van der Waals surface area contributed by atoms with Gasteiger partial charge < -0.3 is 14.5 Å². The van der Waals surface area contributed by atoms with Crippen LogP contribution in [0.5, 0.6) is 5.75 Å². The van der Waals surface area contributed by atoms with E-state index in [0.29, 0.717) is 37.5 Å². The summed E-state index contributed by atoms with van der Waals surface area (Å²) < 4.78 is 23.9. The van der Waals surface area contributed by atoms with Crippen LogP contribution >= 0.6 is 0 Å². The molecule has 0 bridgehead atoms. The first-order chi connectivity index (χ1) is 13.5. The molecule has 0 spiro atoms. The quantitative estimate of drug-likeness (QED) is 0.637. The van der Waals surface area contributed by atoms with E-state index in [0.717, 1.165) is 22.6 Å². The number of aromatic nitrogens is 1. The third kappa shape index (κ3) is 5.19. The van der Waals surface area contributed by atoms with Gasteiger partial charge in [0.25, 0.3) is 0 Å². The van der Waals surface area contributed by atoms with Crippen molar-refractivity contribution < 1.29 is 18.3 Å². The number of benzene rings is 2. The van der Waals surface area contributed by atoms with Crippen LogP contribution in [0.1, 0.15) is 23.4 Å². The number of nitrogens with one attached hydrogen (secondary N) is 1. The number of amides is 1. The molecule has 0 atom stereocenters. The van der Waals surface area contributed by atoms with Crippen molar-refractivity contribution in [1.82, 2.24) is 10.3 Å². The summed E-state index contributed by atoms with van der Waals surface area (Å²) in [6.07, 6.45) is 1.63. The molecule has 0 aliphatic heterocycles. The summed E-state index contributed by atoms with van der Waals surface area (Å²) in [5.41, 5.74) is 2.57. The Bertz CT molecular complexity index is 935. The number of oxazole rings is 1. The standard InChI is InChI=1S/C22H23FN2O3/c1-15-20(25-22(28-15)17-7-9-18(23)10-8-17)12-13-24-21(26)11-6-16-4-3-5-19(14-16)27-2/h3-5,7-10,14H,6,11-13H2,1-2H3,(H,24,26). The van der Waals surface area contributed by atoms with Crippen molar-refractivity contribution in [3.63, 3.8) is 0 Å². The molecule has 0 aliphatic carbocycles. The van der Waals surface area contributed by atoms with Crippen molar-refractivity contribution in [2.24, 2.45) is 0 Å². The highest BCUT2D eigenvalue weighted by Gasteiger charge is 2.12. The van der Waals surface area contributed by atoms with Gasteiger partial charge in [-0.15, -0.1) is 0 Å². The summed E-state index contributed by atoms with van der Waals surface area (Å²) in [7, 11) is 1.62. The summed E-state index contributed by atoms with van der Waals surface area (Å²) in [6, 6.07) is 13.7. The summed E-state index contributed by atoms with van der Waals surface area (Å²) in [5, 5.41) is 2.91. The number of methoxy groups -OCH3 is 1. The highest BCUT2D eigenvalue weighted by molar-refractivity contribution is 5.76. The molecule has 3 aromatic rings. The fourth-order valence-electron chi connectivity index (χ4n) is 2.87. The van der Waals surface area contributed by atoms with Gasteiger partial charge in [0.2, 0.25) is 11.8 Å². The van der Waals surface area contributed by atoms with Crippen LogP contribution in [0.4, 0.5) is 4.39 Å². The molecule has 1 amide bonds. The van der Waals surface area contributed by atoms with Crippen molar-refractivity contribution in [1.29, 1.82) is 0 Å². The van der Waals surface area contributed by atoms with E-state index in [1.807, 2.05) is 31.2 Å². The normalized spacial score (nSPS) is 10.7. The van der Waals surface area contributed by atoms with Crippen LogP contribution in [0, 0.1) is 12.7 Å². The number of carbonyl (C=O) groups is 1. The van der Waals surface area contributed by atoms with Gasteiger partial charge in [0.15, 0.2) is 0 Å². The number of halogens is 1. The number of aryl methyl sites for hydroxylation is 2. The third-order valence-electron chi connectivity index (χ3n) is 4.44. The van der Waals surface area contributed by atoms with E-state index in [1.165, 1.54) is 12.1 Å². The van der Waals surface area contributed by atoms with Gasteiger partial charge in [-0.2, -0.15) is 0 Å². The van der Waals surface area contributed by atoms with Gasteiger partial charge in [0.05, 0.1) is 12.8 Å². The smallest absolute Gasteiger partial charge is 0.226 e. The lowest BCUT2D eigenvalue weighted by Crippen LogP contribution is -2.26. The second-order valence-electron chi connectivity index (χ2n) is 6.48. The number of ether oxygens (including phenoxy) is 1. The minimum Gasteiger partial charge on any atom is -0.497 e. The highest BCUT2D eigenvalue weighted by Crippen LogP contribution is 2.22. The average Bonchev–Trinajstić information content (AvgIpc) is 3.07. The molecule has 0 saturated carbocycles. The lowest BCUT2D eigenvalue weighted by atomic mass is 10.1. The Morgan fingerprint density at radius 1 is 1.18 bits per heavy atom. The zero-order valence-corrected chi connectivity index (χ0v) is 16.0. The molecule has 0 fully saturated rings. The molecule has 146 valence electrons. The van der Waals surface area contributed by atoms with Crippen LogP contribution in [0.3, 0.4) is 0 Å². The maximum Gasteiger partial charge on any atom is 0.226 e. The highest BCUT2D eigenvalue weighted by atomic mass is 19.1. The molecule has 6 heteroatoms. The second kappa shape index (κ2) is 9.17. The van der Waals surface area contributed by atoms with Crippen LogP contribution in [0.2, 0.25) is 0 Å². The molecule has 0 aliphatic rings. The molecule has 1 N–H and O–H groups in total. The van der Waals surface area contributed by atoms with E-state index in [9.17, 15) is 9.18 Å². The van der Waals surface area contributed by atoms with Crippen LogP contribution in [0.25, 0.3) is 11.5 Å². The van der Waals surface area contributed by atoms with Crippen molar-refractivity contribution in [2.75, 3.05) is 13.7 Å². The molecule has 2 aromatic carbocycles. The van der Waals surface area contributed by atoms with Crippen LogP contribution < -0.4 is 10.1 Å². The summed E-state index contributed by atoms with van der Waals surface area (Å²) in [5.74, 6) is 1.63. The predicted octanol–water partition coefficient (Wildman–Crippen LogP) is 4.09. The Kier molecular flexibility index (Phi) is 6.42. The molecule has 3 rings (SSSR count). The number of nitrogens with zero attached hydrogens (tertiary/aromatic N) is 1. The summed E-state index contributed by atoms with van der Waals surface area (Å²) in [6.45, 7) is 2.31. The molecule has 1 heterocycles. The zero-order chi connectivity index (χ0) is 19.9. The number of rotatable bonds is 8. The first-order valence-electron chi connectivity index (χ1n) is 9.17. The van der Waals surface area contributed by atoms with Gasteiger partial charge in [-0.3, -0.25) is 4.79 Å². The van der Waals surface area contributed by atoms with Crippen molar-refractivity contribution in [3.05, 3.63) is 71.4 Å². The topological polar surface area (TPSA) is 64.4 Å². The first kappa shape index (κ1) is 19.6. The monoisotopic (exact) mass is 382 g/mol. The van der Waals surface area contributed by atoms with Crippen LogP contribution in [0.15, 0.2) is 52.9 Å². The molecule has 28 heavy (non-hydrogen) atoms. The van der Waals surface area contributed by atoms with Crippen molar-refractivity contribution >= 4 is 5.91 Å². The lowest BCUT2D eigenvalue weighted by molar-refractivity contribution is -0.121. The number of hydrogen-bond acceptors (Lipinski definition) is 4. The molecular formula is C22H23FN2O3. The van der Waals surface area contributed by atoms with Gasteiger partial charge in [0, 0.05) is 24.9 Å². The van der Waals surface area contributed by atoms with E-state index in [2.05, 4.69) is 10.3 Å². The Morgan fingerprint density at radius 3 is 2.71 bits per heavy atom.